The fourth-order valence-electron chi connectivity index (χ4n) is 1.97. The largest absolute Gasteiger partial charge is 0.383 e. The summed E-state index contributed by atoms with van der Waals surface area (Å²) in [6.45, 7) is 2.79. The maximum Gasteiger partial charge on any atom is 0.203 e. The van der Waals surface area contributed by atoms with Crippen molar-refractivity contribution in [2.75, 3.05) is 19.0 Å². The Labute approximate surface area is 116 Å². The highest BCUT2D eigenvalue weighted by atomic mass is 19.1. The van der Waals surface area contributed by atoms with E-state index in [9.17, 15) is 8.78 Å². The Morgan fingerprint density at radius 1 is 1.40 bits per heavy atom. The molecule has 0 saturated carbocycles. The van der Waals surface area contributed by atoms with Crippen molar-refractivity contribution in [1.29, 1.82) is 0 Å². The maximum atomic E-state index is 13.5. The minimum absolute atomic E-state index is 0.114. The van der Waals surface area contributed by atoms with E-state index in [1.165, 1.54) is 12.1 Å². The quantitative estimate of drug-likeness (QED) is 0.884. The van der Waals surface area contributed by atoms with Crippen molar-refractivity contribution in [1.82, 2.24) is 9.55 Å². The smallest absolute Gasteiger partial charge is 0.203 e. The van der Waals surface area contributed by atoms with E-state index in [-0.39, 0.29) is 12.6 Å². The number of rotatable bonds is 6. The van der Waals surface area contributed by atoms with Gasteiger partial charge in [0.1, 0.15) is 11.6 Å². The van der Waals surface area contributed by atoms with E-state index >= 15 is 0 Å². The lowest BCUT2D eigenvalue weighted by molar-refractivity contribution is 0.163. The molecule has 1 heterocycles. The summed E-state index contributed by atoms with van der Waals surface area (Å²) in [5, 5.41) is 3.04. The SMILES string of the molecule is COCC(C)n1ccnc1NCc1ccc(F)cc1F. The second kappa shape index (κ2) is 6.47. The van der Waals surface area contributed by atoms with E-state index in [1.54, 1.807) is 13.3 Å². The lowest BCUT2D eigenvalue weighted by Crippen LogP contribution is -2.14. The van der Waals surface area contributed by atoms with Crippen LogP contribution >= 0.6 is 0 Å². The molecule has 2 rings (SSSR count). The number of anilines is 1. The van der Waals surface area contributed by atoms with Crippen molar-refractivity contribution < 1.29 is 13.5 Å². The van der Waals surface area contributed by atoms with Crippen LogP contribution in [0.3, 0.4) is 0 Å². The van der Waals surface area contributed by atoms with Crippen LogP contribution in [0.5, 0.6) is 0 Å². The number of aromatic nitrogens is 2. The van der Waals surface area contributed by atoms with E-state index in [0.29, 0.717) is 18.1 Å². The Morgan fingerprint density at radius 2 is 2.20 bits per heavy atom. The van der Waals surface area contributed by atoms with Crippen molar-refractivity contribution >= 4 is 5.95 Å². The Kier molecular flexibility index (Phi) is 4.68. The molecule has 1 unspecified atom stereocenters. The molecule has 0 bridgehead atoms. The third-order valence-corrected chi connectivity index (χ3v) is 3.00. The van der Waals surface area contributed by atoms with E-state index in [4.69, 9.17) is 4.74 Å². The van der Waals surface area contributed by atoms with Crippen LogP contribution < -0.4 is 5.32 Å². The summed E-state index contributed by atoms with van der Waals surface area (Å²) in [7, 11) is 1.63. The maximum absolute atomic E-state index is 13.5. The Morgan fingerprint density at radius 3 is 2.90 bits per heavy atom. The van der Waals surface area contributed by atoms with Crippen LogP contribution in [0.1, 0.15) is 18.5 Å². The standard InChI is InChI=1S/C14H17F2N3O/c1-10(9-20-2)19-6-5-17-14(19)18-8-11-3-4-12(15)7-13(11)16/h3-7,10H,8-9H2,1-2H3,(H,17,18). The zero-order chi connectivity index (χ0) is 14.5. The van der Waals surface area contributed by atoms with Crippen LogP contribution in [0.4, 0.5) is 14.7 Å². The fraction of sp³-hybridized carbons (Fsp3) is 0.357. The van der Waals surface area contributed by atoms with Gasteiger partial charge in [-0.2, -0.15) is 0 Å². The molecule has 0 aliphatic rings. The first-order valence-electron chi connectivity index (χ1n) is 6.31. The molecule has 1 N–H and O–H groups in total. The molecular formula is C14H17F2N3O. The number of benzene rings is 1. The second-order valence-electron chi connectivity index (χ2n) is 4.55. The van der Waals surface area contributed by atoms with Gasteiger partial charge in [0.05, 0.1) is 12.6 Å². The first kappa shape index (κ1) is 14.5. The van der Waals surface area contributed by atoms with Crippen molar-refractivity contribution in [3.8, 4) is 0 Å². The van der Waals surface area contributed by atoms with Crippen LogP contribution in [0.15, 0.2) is 30.6 Å². The predicted molar refractivity (Wildman–Crippen MR) is 72.5 cm³/mol. The molecule has 4 nitrogen and oxygen atoms in total. The second-order valence-corrected chi connectivity index (χ2v) is 4.55. The van der Waals surface area contributed by atoms with Crippen molar-refractivity contribution in [3.63, 3.8) is 0 Å². The summed E-state index contributed by atoms with van der Waals surface area (Å²) < 4.78 is 33.4. The molecule has 1 aromatic carbocycles. The average Bonchev–Trinajstić information content (AvgIpc) is 2.86. The van der Waals surface area contributed by atoms with Gasteiger partial charge in [-0.25, -0.2) is 13.8 Å². The van der Waals surface area contributed by atoms with Crippen LogP contribution in [-0.2, 0) is 11.3 Å². The molecule has 0 radical (unpaired) electrons. The highest BCUT2D eigenvalue weighted by Crippen LogP contribution is 2.16. The predicted octanol–water partition coefficient (Wildman–Crippen LogP) is 2.98. The summed E-state index contributed by atoms with van der Waals surface area (Å²) in [5.74, 6) is -0.528. The van der Waals surface area contributed by atoms with E-state index in [0.717, 1.165) is 6.07 Å². The summed E-state index contributed by atoms with van der Waals surface area (Å²) in [6.07, 6.45) is 3.49. The van der Waals surface area contributed by atoms with Gasteiger partial charge in [-0.15, -0.1) is 0 Å². The third-order valence-electron chi connectivity index (χ3n) is 3.00. The monoisotopic (exact) mass is 281 g/mol. The van der Waals surface area contributed by atoms with Crippen LogP contribution in [-0.4, -0.2) is 23.3 Å². The summed E-state index contributed by atoms with van der Waals surface area (Å²) >= 11 is 0. The number of methoxy groups -OCH3 is 1. The molecule has 0 spiro atoms. The van der Waals surface area contributed by atoms with Gasteiger partial charge < -0.3 is 14.6 Å². The molecule has 0 aliphatic carbocycles. The molecule has 2 aromatic rings. The Bertz CT molecular complexity index is 571. The van der Waals surface area contributed by atoms with Crippen LogP contribution in [0.25, 0.3) is 0 Å². The minimum atomic E-state index is -0.582. The molecule has 0 aliphatic heterocycles. The van der Waals surface area contributed by atoms with Crippen LogP contribution in [0, 0.1) is 11.6 Å². The minimum Gasteiger partial charge on any atom is -0.383 e. The van der Waals surface area contributed by atoms with Gasteiger partial charge >= 0.3 is 0 Å². The number of hydrogen-bond donors (Lipinski definition) is 1. The van der Waals surface area contributed by atoms with Gasteiger partial charge in [0.2, 0.25) is 5.95 Å². The molecule has 0 amide bonds. The van der Waals surface area contributed by atoms with Crippen molar-refractivity contribution in [3.05, 3.63) is 47.8 Å². The summed E-state index contributed by atoms with van der Waals surface area (Å²) in [5.41, 5.74) is 0.389. The Balaban J connectivity index is 2.06. The van der Waals surface area contributed by atoms with Gasteiger partial charge in [0.25, 0.3) is 0 Å². The molecule has 108 valence electrons. The Hall–Kier alpha value is -1.95. The first-order chi connectivity index (χ1) is 9.61. The highest BCUT2D eigenvalue weighted by Gasteiger charge is 2.10. The lowest BCUT2D eigenvalue weighted by Gasteiger charge is -2.16. The molecule has 1 aromatic heterocycles. The van der Waals surface area contributed by atoms with Gasteiger partial charge in [0, 0.05) is 37.7 Å². The first-order valence-corrected chi connectivity index (χ1v) is 6.31. The van der Waals surface area contributed by atoms with E-state index in [2.05, 4.69) is 10.3 Å². The zero-order valence-corrected chi connectivity index (χ0v) is 11.4. The third kappa shape index (κ3) is 3.33. The number of nitrogens with one attached hydrogen (secondary N) is 1. The normalized spacial score (nSPS) is 12.4. The topological polar surface area (TPSA) is 39.1 Å². The summed E-state index contributed by atoms with van der Waals surface area (Å²) in [6, 6.07) is 3.64. The van der Waals surface area contributed by atoms with Crippen molar-refractivity contribution in [2.45, 2.75) is 19.5 Å². The fourth-order valence-corrected chi connectivity index (χ4v) is 1.97. The van der Waals surface area contributed by atoms with Gasteiger partial charge in [0.15, 0.2) is 0 Å². The molecular weight excluding hydrogens is 264 g/mol. The number of imidazole rings is 1. The number of ether oxygens (including phenoxy) is 1. The van der Waals surface area contributed by atoms with Gasteiger partial charge in [-0.3, -0.25) is 0 Å². The average molecular weight is 281 g/mol. The van der Waals surface area contributed by atoms with Crippen LogP contribution in [0.2, 0.25) is 0 Å². The number of halogens is 2. The van der Waals surface area contributed by atoms with E-state index < -0.39 is 11.6 Å². The van der Waals surface area contributed by atoms with Gasteiger partial charge in [-0.05, 0) is 13.0 Å². The zero-order valence-electron chi connectivity index (χ0n) is 11.4. The molecule has 20 heavy (non-hydrogen) atoms. The van der Waals surface area contributed by atoms with Gasteiger partial charge in [-0.1, -0.05) is 6.07 Å². The lowest BCUT2D eigenvalue weighted by atomic mass is 10.2. The van der Waals surface area contributed by atoms with Crippen molar-refractivity contribution in [2.24, 2.45) is 0 Å². The summed E-state index contributed by atoms with van der Waals surface area (Å²) in [4.78, 5) is 4.18. The highest BCUT2D eigenvalue weighted by molar-refractivity contribution is 5.30. The number of nitrogens with zero attached hydrogens (tertiary/aromatic N) is 2. The molecule has 6 heteroatoms. The molecule has 0 fully saturated rings. The molecule has 1 atom stereocenters. The molecule has 0 saturated heterocycles. The number of hydrogen-bond acceptors (Lipinski definition) is 3. The van der Waals surface area contributed by atoms with E-state index in [1.807, 2.05) is 17.7 Å².